The van der Waals surface area contributed by atoms with E-state index in [0.717, 1.165) is 65.9 Å². The van der Waals surface area contributed by atoms with Crippen molar-refractivity contribution in [2.24, 2.45) is 0 Å². The van der Waals surface area contributed by atoms with Gasteiger partial charge in [0.25, 0.3) is 0 Å². The van der Waals surface area contributed by atoms with E-state index < -0.39 is 0 Å². The molecular weight excluding hydrogens is 472 g/mol. The predicted molar refractivity (Wildman–Crippen MR) is 172 cm³/mol. The maximum atomic E-state index is 4.41. The summed E-state index contributed by atoms with van der Waals surface area (Å²) in [4.78, 5) is 2.34. The first kappa shape index (κ1) is 27.7. The van der Waals surface area contributed by atoms with Crippen LogP contribution in [-0.4, -0.2) is 6.54 Å². The van der Waals surface area contributed by atoms with Gasteiger partial charge in [0, 0.05) is 35.4 Å². The Bertz CT molecular complexity index is 1390. The summed E-state index contributed by atoms with van der Waals surface area (Å²) in [5.41, 5.74) is 10.1. The van der Waals surface area contributed by atoms with Gasteiger partial charge < -0.3 is 10.2 Å². The van der Waals surface area contributed by atoms with Crippen LogP contribution in [0.1, 0.15) is 50.7 Å². The molecular formula is C37H40N2. The molecule has 0 aromatic heterocycles. The van der Waals surface area contributed by atoms with Crippen LogP contribution in [0.25, 0.3) is 11.1 Å². The molecule has 39 heavy (non-hydrogen) atoms. The minimum atomic E-state index is 0.970. The Morgan fingerprint density at radius 3 is 2.46 bits per heavy atom. The van der Waals surface area contributed by atoms with Crippen LogP contribution < -0.4 is 10.2 Å². The second-order valence-electron chi connectivity index (χ2n) is 9.97. The van der Waals surface area contributed by atoms with Gasteiger partial charge in [-0.05, 0) is 97.4 Å². The molecule has 0 spiro atoms. The summed E-state index contributed by atoms with van der Waals surface area (Å²) in [6.45, 7) is 14.1. The van der Waals surface area contributed by atoms with Crippen molar-refractivity contribution in [2.45, 2.75) is 39.5 Å². The third-order valence-corrected chi connectivity index (χ3v) is 6.99. The summed E-state index contributed by atoms with van der Waals surface area (Å²) >= 11 is 0. The predicted octanol–water partition coefficient (Wildman–Crippen LogP) is 10.5. The molecule has 0 bridgehead atoms. The lowest BCUT2D eigenvalue weighted by molar-refractivity contribution is 0.729. The maximum absolute atomic E-state index is 4.41. The number of nitrogens with zero attached hydrogens (tertiary/aromatic N) is 1. The standard InChI is InChI=1S/C37H40N2/c1-5-6-16-30(3)36-28-33(23-24-37(36)38-34-19-9-7-10-20-34)32-18-15-26-39(35-21-11-8-12-22-35)25-14-13-17-29(2)31(4)27-32/h6-12,15-16,18-24,26-28,38H,2-3,5,13-14,17,25H2,1,4H3/b16-6-,26-15?,31-27+,32-18+. The lowest BCUT2D eigenvalue weighted by Crippen LogP contribution is -2.17. The Labute approximate surface area is 235 Å². The Kier molecular flexibility index (Phi) is 9.97. The highest BCUT2D eigenvalue weighted by Gasteiger charge is 2.11. The molecule has 1 aliphatic rings. The molecule has 2 nitrogen and oxygen atoms in total. The summed E-state index contributed by atoms with van der Waals surface area (Å²) in [6, 6.07) is 27.5. The van der Waals surface area contributed by atoms with Gasteiger partial charge in [0.1, 0.15) is 0 Å². The lowest BCUT2D eigenvalue weighted by Gasteiger charge is -2.21. The molecule has 0 saturated carbocycles. The Hall–Kier alpha value is -4.30. The smallest absolute Gasteiger partial charge is 0.0464 e. The SMILES string of the molecule is C=C1CCCCN(c2ccccc2)C=C/C=C(c2ccc(Nc3ccccc3)c(C(=C)/C=C\CC)c2)\C=C\1C. The zero-order valence-corrected chi connectivity index (χ0v) is 23.4. The van der Waals surface area contributed by atoms with Crippen molar-refractivity contribution in [3.05, 3.63) is 151 Å². The third kappa shape index (κ3) is 7.85. The highest BCUT2D eigenvalue weighted by Crippen LogP contribution is 2.32. The van der Waals surface area contributed by atoms with Gasteiger partial charge in [-0.1, -0.05) is 92.4 Å². The van der Waals surface area contributed by atoms with Crippen molar-refractivity contribution >= 4 is 28.2 Å². The van der Waals surface area contributed by atoms with Crippen LogP contribution >= 0.6 is 0 Å². The molecule has 0 unspecified atom stereocenters. The number of allylic oxidation sites excluding steroid dienone is 9. The fourth-order valence-electron chi connectivity index (χ4n) is 4.67. The van der Waals surface area contributed by atoms with Gasteiger partial charge in [-0.25, -0.2) is 0 Å². The number of benzene rings is 3. The first-order chi connectivity index (χ1) is 19.0. The molecule has 1 aliphatic heterocycles. The number of nitrogens with one attached hydrogen (secondary N) is 1. The minimum absolute atomic E-state index is 0.970. The normalized spacial score (nSPS) is 17.5. The van der Waals surface area contributed by atoms with Gasteiger partial charge in [-0.15, -0.1) is 0 Å². The Balaban J connectivity index is 1.76. The fraction of sp³-hybridized carbons (Fsp3) is 0.189. The van der Waals surface area contributed by atoms with Crippen molar-refractivity contribution < 1.29 is 0 Å². The van der Waals surface area contributed by atoms with Gasteiger partial charge in [0.2, 0.25) is 0 Å². The van der Waals surface area contributed by atoms with Gasteiger partial charge in [-0.3, -0.25) is 0 Å². The second kappa shape index (κ2) is 14.0. The van der Waals surface area contributed by atoms with E-state index in [1.165, 1.54) is 16.8 Å². The number of hydrogen-bond donors (Lipinski definition) is 1. The molecule has 3 aromatic carbocycles. The molecule has 2 heteroatoms. The summed E-state index contributed by atoms with van der Waals surface area (Å²) in [5.74, 6) is 0. The number of para-hydroxylation sites is 2. The number of anilines is 3. The van der Waals surface area contributed by atoms with E-state index in [2.05, 4.69) is 134 Å². The second-order valence-corrected chi connectivity index (χ2v) is 9.97. The summed E-state index contributed by atoms with van der Waals surface area (Å²) in [5, 5.41) is 3.59. The molecule has 0 aliphatic carbocycles. The molecule has 0 saturated heterocycles. The lowest BCUT2D eigenvalue weighted by atomic mass is 9.94. The first-order valence-electron chi connectivity index (χ1n) is 13.9. The molecule has 0 radical (unpaired) electrons. The third-order valence-electron chi connectivity index (χ3n) is 6.99. The molecule has 0 atom stereocenters. The van der Waals surface area contributed by atoms with Crippen LogP contribution in [0.2, 0.25) is 0 Å². The van der Waals surface area contributed by atoms with Crippen LogP contribution in [-0.2, 0) is 0 Å². The zero-order chi connectivity index (χ0) is 27.5. The molecule has 1 N–H and O–H groups in total. The van der Waals surface area contributed by atoms with E-state index in [-0.39, 0.29) is 0 Å². The van der Waals surface area contributed by atoms with E-state index >= 15 is 0 Å². The highest BCUT2D eigenvalue weighted by atomic mass is 15.1. The van der Waals surface area contributed by atoms with Crippen molar-refractivity contribution in [1.29, 1.82) is 0 Å². The van der Waals surface area contributed by atoms with Crippen molar-refractivity contribution in [1.82, 2.24) is 0 Å². The minimum Gasteiger partial charge on any atom is -0.355 e. The molecule has 0 fully saturated rings. The fourth-order valence-corrected chi connectivity index (χ4v) is 4.67. The van der Waals surface area contributed by atoms with Crippen molar-refractivity contribution in [2.75, 3.05) is 16.8 Å². The van der Waals surface area contributed by atoms with Crippen LogP contribution in [0, 0.1) is 0 Å². The summed E-state index contributed by atoms with van der Waals surface area (Å²) in [7, 11) is 0. The van der Waals surface area contributed by atoms with E-state index in [1.54, 1.807) is 0 Å². The molecule has 3 aromatic rings. The summed E-state index contributed by atoms with van der Waals surface area (Å²) in [6.07, 6.45) is 17.3. The Morgan fingerprint density at radius 1 is 0.974 bits per heavy atom. The van der Waals surface area contributed by atoms with Crippen LogP contribution in [0.5, 0.6) is 0 Å². The highest BCUT2D eigenvalue weighted by molar-refractivity contribution is 5.87. The van der Waals surface area contributed by atoms with Crippen molar-refractivity contribution in [3.63, 3.8) is 0 Å². The van der Waals surface area contributed by atoms with Gasteiger partial charge in [0.15, 0.2) is 0 Å². The molecule has 198 valence electrons. The number of rotatable bonds is 7. The summed E-state index contributed by atoms with van der Waals surface area (Å²) < 4.78 is 0. The average Bonchev–Trinajstić information content (AvgIpc) is 2.97. The van der Waals surface area contributed by atoms with Crippen molar-refractivity contribution in [3.8, 4) is 0 Å². The van der Waals surface area contributed by atoms with Gasteiger partial charge in [-0.2, -0.15) is 0 Å². The average molecular weight is 513 g/mol. The Morgan fingerprint density at radius 2 is 1.72 bits per heavy atom. The maximum Gasteiger partial charge on any atom is 0.0464 e. The topological polar surface area (TPSA) is 15.3 Å². The molecule has 0 amide bonds. The van der Waals surface area contributed by atoms with Gasteiger partial charge >= 0.3 is 0 Å². The zero-order valence-electron chi connectivity index (χ0n) is 23.4. The largest absolute Gasteiger partial charge is 0.355 e. The van der Waals surface area contributed by atoms with E-state index in [4.69, 9.17) is 0 Å². The van der Waals surface area contributed by atoms with E-state index in [9.17, 15) is 0 Å². The molecule has 1 heterocycles. The van der Waals surface area contributed by atoms with Crippen LogP contribution in [0.4, 0.5) is 17.1 Å². The monoisotopic (exact) mass is 512 g/mol. The quantitative estimate of drug-likeness (QED) is 0.317. The number of hydrogen-bond acceptors (Lipinski definition) is 2. The van der Waals surface area contributed by atoms with E-state index in [0.29, 0.717) is 0 Å². The first-order valence-corrected chi connectivity index (χ1v) is 13.9. The molecule has 4 rings (SSSR count). The van der Waals surface area contributed by atoms with E-state index in [1.807, 2.05) is 18.2 Å². The van der Waals surface area contributed by atoms with Crippen LogP contribution in [0.3, 0.4) is 0 Å². The van der Waals surface area contributed by atoms with Crippen LogP contribution in [0.15, 0.2) is 140 Å². The van der Waals surface area contributed by atoms with Gasteiger partial charge in [0.05, 0.1) is 0 Å².